The lowest BCUT2D eigenvalue weighted by Crippen LogP contribution is -2.44. The molecule has 0 saturated carbocycles. The summed E-state index contributed by atoms with van der Waals surface area (Å²) in [7, 11) is 4.04. The van der Waals surface area contributed by atoms with Gasteiger partial charge in [0.25, 0.3) is 5.91 Å². The van der Waals surface area contributed by atoms with Crippen molar-refractivity contribution in [1.29, 1.82) is 0 Å². The van der Waals surface area contributed by atoms with Crippen molar-refractivity contribution in [2.45, 2.75) is 38.1 Å². The number of fused-ring (bicyclic) bond motifs is 1. The highest BCUT2D eigenvalue weighted by Crippen LogP contribution is 2.33. The Hall–Kier alpha value is -3.63. The zero-order chi connectivity index (χ0) is 26.6. The number of ether oxygens (including phenoxy) is 2. The lowest BCUT2D eigenvalue weighted by atomic mass is 10.0. The molecule has 2 aliphatic heterocycles. The zero-order valence-electron chi connectivity index (χ0n) is 21.5. The second kappa shape index (κ2) is 11.4. The van der Waals surface area contributed by atoms with E-state index < -0.39 is 0 Å². The fourth-order valence-electron chi connectivity index (χ4n) is 4.63. The first kappa shape index (κ1) is 26.0. The Balaban J connectivity index is 1.36. The number of benzene rings is 1. The molecular weight excluding hydrogens is 508 g/mol. The van der Waals surface area contributed by atoms with E-state index in [0.717, 1.165) is 29.8 Å². The third kappa shape index (κ3) is 6.08. The molecule has 2 aliphatic rings. The van der Waals surface area contributed by atoms with Gasteiger partial charge in [0.05, 0.1) is 18.8 Å². The number of nitrogens with zero attached hydrogens (tertiary/aromatic N) is 5. The van der Waals surface area contributed by atoms with Crippen LogP contribution in [-0.4, -0.2) is 82.5 Å². The van der Waals surface area contributed by atoms with E-state index in [0.29, 0.717) is 43.3 Å². The fraction of sp³-hybridized carbons (Fsp3) is 0.407. The number of nitrogens with one attached hydrogen (secondary N) is 1. The van der Waals surface area contributed by atoms with Gasteiger partial charge in [-0.05, 0) is 31.8 Å². The molecule has 5 rings (SSSR count). The molecule has 1 aromatic carbocycles. The minimum Gasteiger partial charge on any atom is -0.489 e. The summed E-state index contributed by atoms with van der Waals surface area (Å²) in [6.07, 6.45) is 6.35. The molecule has 2 saturated heterocycles. The van der Waals surface area contributed by atoms with Crippen LogP contribution in [0.3, 0.4) is 0 Å². The fourth-order valence-corrected chi connectivity index (χ4v) is 4.75. The van der Waals surface area contributed by atoms with E-state index in [2.05, 4.69) is 20.3 Å². The highest BCUT2D eigenvalue weighted by Gasteiger charge is 2.39. The predicted octanol–water partition coefficient (Wildman–Crippen LogP) is 3.45. The van der Waals surface area contributed by atoms with Crippen LogP contribution in [0.1, 0.15) is 28.9 Å². The van der Waals surface area contributed by atoms with E-state index in [1.807, 2.05) is 37.1 Å². The van der Waals surface area contributed by atoms with Gasteiger partial charge in [0, 0.05) is 67.1 Å². The molecule has 2 amide bonds. The Bertz CT molecular complexity index is 1290. The lowest BCUT2D eigenvalue weighted by Gasteiger charge is -2.32. The summed E-state index contributed by atoms with van der Waals surface area (Å²) in [5.74, 6) is 0.259. The van der Waals surface area contributed by atoms with Crippen LogP contribution in [0.5, 0.6) is 5.75 Å². The predicted molar refractivity (Wildman–Crippen MR) is 142 cm³/mol. The molecule has 0 aliphatic carbocycles. The van der Waals surface area contributed by atoms with Crippen molar-refractivity contribution < 1.29 is 19.1 Å². The van der Waals surface area contributed by atoms with Gasteiger partial charge in [0.2, 0.25) is 0 Å². The molecule has 200 valence electrons. The van der Waals surface area contributed by atoms with Crippen molar-refractivity contribution in [3.63, 3.8) is 0 Å². The molecule has 0 radical (unpaired) electrons. The summed E-state index contributed by atoms with van der Waals surface area (Å²) < 4.78 is 13.6. The Morgan fingerprint density at radius 1 is 1.26 bits per heavy atom. The first-order chi connectivity index (χ1) is 18.4. The van der Waals surface area contributed by atoms with Crippen molar-refractivity contribution in [1.82, 2.24) is 29.9 Å². The van der Waals surface area contributed by atoms with Crippen molar-refractivity contribution in [2.75, 3.05) is 33.8 Å². The average Bonchev–Trinajstić information content (AvgIpc) is 3.53. The first-order valence-corrected chi connectivity index (χ1v) is 13.0. The maximum absolute atomic E-state index is 13.0. The quantitative estimate of drug-likeness (QED) is 0.445. The molecule has 10 nitrogen and oxygen atoms in total. The van der Waals surface area contributed by atoms with Crippen molar-refractivity contribution >= 4 is 23.6 Å². The van der Waals surface area contributed by atoms with Gasteiger partial charge >= 0.3 is 6.09 Å². The summed E-state index contributed by atoms with van der Waals surface area (Å²) in [5, 5.41) is 8.04. The Morgan fingerprint density at radius 3 is 2.87 bits per heavy atom. The molecule has 2 atom stereocenters. The highest BCUT2D eigenvalue weighted by atomic mass is 35.5. The Morgan fingerprint density at radius 2 is 2.08 bits per heavy atom. The average molecular weight is 539 g/mol. The monoisotopic (exact) mass is 538 g/mol. The summed E-state index contributed by atoms with van der Waals surface area (Å²) in [4.78, 5) is 33.2. The van der Waals surface area contributed by atoms with Crippen molar-refractivity contribution in [3.05, 3.63) is 65.2 Å². The second-order valence-electron chi connectivity index (χ2n) is 9.86. The second-order valence-corrected chi connectivity index (χ2v) is 10.3. The maximum atomic E-state index is 13.0. The molecule has 1 N–H and O–H groups in total. The molecule has 11 heteroatoms. The number of piperidine rings is 1. The largest absolute Gasteiger partial charge is 0.489 e. The van der Waals surface area contributed by atoms with Crippen LogP contribution < -0.4 is 10.1 Å². The van der Waals surface area contributed by atoms with Crippen LogP contribution in [0.4, 0.5) is 4.79 Å². The van der Waals surface area contributed by atoms with E-state index in [1.165, 1.54) is 0 Å². The van der Waals surface area contributed by atoms with Gasteiger partial charge < -0.3 is 24.6 Å². The van der Waals surface area contributed by atoms with Crippen molar-refractivity contribution in [3.8, 4) is 16.9 Å². The Kier molecular flexibility index (Phi) is 7.80. The smallest absolute Gasteiger partial charge is 0.410 e. The topological polar surface area (TPSA) is 102 Å². The van der Waals surface area contributed by atoms with Gasteiger partial charge in [0.1, 0.15) is 24.2 Å². The number of hydrogen-bond donors (Lipinski definition) is 1. The summed E-state index contributed by atoms with van der Waals surface area (Å²) in [6, 6.07) is 9.00. The van der Waals surface area contributed by atoms with Gasteiger partial charge in [-0.25, -0.2) is 4.79 Å². The SMILES string of the molecule is CN(C)CCn1cc(-c2cnc(C(=O)NCc3ccc(Cl)cc3)cc2O[C@H]2CCN3C(=O)OC[C@@H]3C2)cn1. The minimum atomic E-state index is -0.303. The number of rotatable bonds is 9. The number of cyclic esters (lactones) is 1. The van der Waals surface area contributed by atoms with Crippen molar-refractivity contribution in [2.24, 2.45) is 0 Å². The van der Waals surface area contributed by atoms with Crippen LogP contribution in [0, 0.1) is 0 Å². The van der Waals surface area contributed by atoms with Gasteiger partial charge in [-0.3, -0.25) is 14.5 Å². The number of likely N-dealkylation sites (N-methyl/N-ethyl adjacent to an activating group) is 1. The standard InChI is InChI=1S/C27H31ClN6O4/c1-32(2)9-10-33-16-19(14-31-33)23-15-29-24(26(35)30-13-18-3-5-20(28)6-4-18)12-25(23)38-22-7-8-34-21(11-22)17-37-27(34)36/h3-6,12,14-16,21-22H,7-11,13,17H2,1-2H3,(H,30,35)/t21-,22-/m0/s1. The van der Waals surface area contributed by atoms with Gasteiger partial charge in [-0.15, -0.1) is 0 Å². The maximum Gasteiger partial charge on any atom is 0.410 e. The summed E-state index contributed by atoms with van der Waals surface area (Å²) in [5.41, 5.74) is 2.81. The number of carbonyl (C=O) groups excluding carboxylic acids is 2. The summed E-state index contributed by atoms with van der Waals surface area (Å²) in [6.45, 7) is 2.90. The van der Waals surface area contributed by atoms with E-state index >= 15 is 0 Å². The van der Waals surface area contributed by atoms with Crippen LogP contribution in [0.25, 0.3) is 11.1 Å². The molecule has 3 aromatic rings. The molecule has 0 unspecified atom stereocenters. The van der Waals surface area contributed by atoms with Crippen LogP contribution in [-0.2, 0) is 17.8 Å². The molecule has 2 fully saturated rings. The molecule has 4 heterocycles. The Labute approximate surface area is 226 Å². The molecule has 38 heavy (non-hydrogen) atoms. The van der Waals surface area contributed by atoms with E-state index in [1.54, 1.807) is 35.5 Å². The number of pyridine rings is 1. The van der Waals surface area contributed by atoms with Crippen LogP contribution in [0.15, 0.2) is 48.9 Å². The van der Waals surface area contributed by atoms with Gasteiger partial charge in [0.15, 0.2) is 0 Å². The third-order valence-corrected chi connectivity index (χ3v) is 7.03. The number of amides is 2. The third-order valence-electron chi connectivity index (χ3n) is 6.78. The molecule has 0 spiro atoms. The normalized spacial score (nSPS) is 18.8. The molecule has 0 bridgehead atoms. The van der Waals surface area contributed by atoms with Crippen LogP contribution in [0.2, 0.25) is 5.02 Å². The van der Waals surface area contributed by atoms with E-state index in [9.17, 15) is 9.59 Å². The number of carbonyl (C=O) groups is 2. The highest BCUT2D eigenvalue weighted by molar-refractivity contribution is 6.30. The molecule has 2 aromatic heterocycles. The van der Waals surface area contributed by atoms with Gasteiger partial charge in [-0.1, -0.05) is 23.7 Å². The van der Waals surface area contributed by atoms with E-state index in [4.69, 9.17) is 21.1 Å². The first-order valence-electron chi connectivity index (χ1n) is 12.7. The van der Waals surface area contributed by atoms with Gasteiger partial charge in [-0.2, -0.15) is 5.10 Å². The number of halogens is 1. The lowest BCUT2D eigenvalue weighted by molar-refractivity contribution is 0.0915. The zero-order valence-corrected chi connectivity index (χ0v) is 22.2. The summed E-state index contributed by atoms with van der Waals surface area (Å²) >= 11 is 5.96. The van der Waals surface area contributed by atoms with E-state index in [-0.39, 0.29) is 29.8 Å². The molecular formula is C27H31ClN6O4. The number of hydrogen-bond acceptors (Lipinski definition) is 7. The minimum absolute atomic E-state index is 0.00228. The van der Waals surface area contributed by atoms with Crippen LogP contribution >= 0.6 is 11.6 Å². The number of aromatic nitrogens is 3.